The average molecular weight is 697 g/mol. The summed E-state index contributed by atoms with van der Waals surface area (Å²) in [6.45, 7) is 5.27. The van der Waals surface area contributed by atoms with Gasteiger partial charge in [0.15, 0.2) is 5.44 Å². The van der Waals surface area contributed by atoms with Gasteiger partial charge in [0.05, 0.1) is 11.5 Å². The van der Waals surface area contributed by atoms with Gasteiger partial charge in [0.25, 0.3) is 0 Å². The smallest absolute Gasteiger partial charge is 0.204 e. The first-order chi connectivity index (χ1) is 24.0. The highest BCUT2D eigenvalue weighted by molar-refractivity contribution is 7.91. The lowest BCUT2D eigenvalue weighted by Gasteiger charge is -2.12. The third-order valence-corrected chi connectivity index (χ3v) is 11.6. The van der Waals surface area contributed by atoms with Gasteiger partial charge in [0, 0.05) is 0 Å². The van der Waals surface area contributed by atoms with Crippen LogP contribution in [-0.2, 0) is 9.84 Å². The second-order valence-electron chi connectivity index (χ2n) is 14.2. The molecule has 0 bridgehead atoms. The number of benzene rings is 2. The molecule has 0 amide bonds. The Morgan fingerprint density at radius 2 is 0.857 bits per heavy atom. The maximum atomic E-state index is 12.9. The first-order valence-corrected chi connectivity index (χ1v) is 21.9. The maximum absolute atomic E-state index is 12.9. The molecule has 0 saturated heterocycles. The van der Waals surface area contributed by atoms with Crippen molar-refractivity contribution in [1.29, 1.82) is 0 Å². The van der Waals surface area contributed by atoms with Crippen molar-refractivity contribution in [2.75, 3.05) is 6.61 Å². The fourth-order valence-electron chi connectivity index (χ4n) is 6.42. The lowest BCUT2D eigenvalue weighted by atomic mass is 10.0. The number of ether oxygens (including phenoxy) is 1. The number of sulfone groups is 1. The molecule has 2 aromatic carbocycles. The van der Waals surface area contributed by atoms with Crippen molar-refractivity contribution in [2.24, 2.45) is 0 Å². The summed E-state index contributed by atoms with van der Waals surface area (Å²) in [6.07, 6.45) is 36.6. The van der Waals surface area contributed by atoms with Crippen LogP contribution in [0.15, 0.2) is 53.4 Å². The molecule has 0 radical (unpaired) electrons. The maximum Gasteiger partial charge on any atom is 0.204 e. The highest BCUT2D eigenvalue weighted by atomic mass is 32.2. The largest absolute Gasteiger partial charge is 0.494 e. The summed E-state index contributed by atoms with van der Waals surface area (Å²) in [7, 11) is -3.74. The van der Waals surface area contributed by atoms with Gasteiger partial charge in [-0.05, 0) is 54.7 Å². The Morgan fingerprint density at radius 3 is 1.27 bits per heavy atom. The Kier molecular flexibility index (Phi) is 25.1. The summed E-state index contributed by atoms with van der Waals surface area (Å²) in [5, 5.41) is 10.4. The zero-order chi connectivity index (χ0) is 35.3. The van der Waals surface area contributed by atoms with E-state index in [0.29, 0.717) is 6.42 Å². The molecule has 0 aliphatic heterocycles. The van der Waals surface area contributed by atoms with Crippen LogP contribution in [0, 0.1) is 0 Å². The van der Waals surface area contributed by atoms with E-state index in [4.69, 9.17) is 4.74 Å². The molecule has 2 aromatic rings. The molecular weight excluding hydrogens is 625 g/mol. The summed E-state index contributed by atoms with van der Waals surface area (Å²) >= 11 is 0. The van der Waals surface area contributed by atoms with E-state index in [9.17, 15) is 13.5 Å². The van der Waals surface area contributed by atoms with Crippen LogP contribution in [0.4, 0.5) is 0 Å². The van der Waals surface area contributed by atoms with Crippen molar-refractivity contribution in [1.82, 2.24) is 0 Å². The zero-order valence-corrected chi connectivity index (χ0v) is 32.3. The third kappa shape index (κ3) is 21.0. The fraction of sp³-hybridized carbons (Fsp3) is 0.682. The van der Waals surface area contributed by atoms with E-state index in [1.165, 1.54) is 135 Å². The van der Waals surface area contributed by atoms with Crippen molar-refractivity contribution in [3.63, 3.8) is 0 Å². The van der Waals surface area contributed by atoms with Gasteiger partial charge in [-0.1, -0.05) is 198 Å². The molecule has 1 N–H and O–H groups in total. The van der Waals surface area contributed by atoms with E-state index in [1.54, 1.807) is 24.3 Å². The van der Waals surface area contributed by atoms with Crippen LogP contribution in [0.5, 0.6) is 5.75 Å². The summed E-state index contributed by atoms with van der Waals surface area (Å²) in [5.41, 5.74) is 0.627. The molecule has 0 spiro atoms. The van der Waals surface area contributed by atoms with Crippen molar-refractivity contribution in [3.05, 3.63) is 59.7 Å². The lowest BCUT2D eigenvalue weighted by molar-refractivity contribution is 0.233. The number of hydrogen-bond donors (Lipinski definition) is 1. The molecule has 0 aliphatic rings. The van der Waals surface area contributed by atoms with E-state index in [-0.39, 0.29) is 4.90 Å². The minimum Gasteiger partial charge on any atom is -0.494 e. The molecular formula is C44H72O4S. The monoisotopic (exact) mass is 697 g/mol. The minimum absolute atomic E-state index is 0.180. The molecule has 0 aliphatic carbocycles. The van der Waals surface area contributed by atoms with E-state index >= 15 is 0 Å². The molecule has 2 rings (SSSR count). The van der Waals surface area contributed by atoms with Gasteiger partial charge in [0.2, 0.25) is 9.84 Å². The van der Waals surface area contributed by atoms with E-state index in [1.807, 2.05) is 36.4 Å². The molecule has 49 heavy (non-hydrogen) atoms. The highest BCUT2D eigenvalue weighted by Crippen LogP contribution is 2.22. The Hall–Kier alpha value is -2.11. The van der Waals surface area contributed by atoms with Gasteiger partial charge in [0.1, 0.15) is 5.75 Å². The van der Waals surface area contributed by atoms with Gasteiger partial charge in [-0.25, -0.2) is 8.42 Å². The van der Waals surface area contributed by atoms with Crippen LogP contribution in [0.25, 0.3) is 12.2 Å². The normalized spacial score (nSPS) is 12.6. The molecule has 278 valence electrons. The van der Waals surface area contributed by atoms with Crippen LogP contribution in [-0.4, -0.2) is 25.6 Å². The molecule has 0 fully saturated rings. The third-order valence-electron chi connectivity index (χ3n) is 9.74. The first kappa shape index (κ1) is 43.1. The zero-order valence-electron chi connectivity index (χ0n) is 31.5. The molecule has 5 heteroatoms. The molecule has 1 unspecified atom stereocenters. The number of hydrogen-bond acceptors (Lipinski definition) is 4. The predicted molar refractivity (Wildman–Crippen MR) is 212 cm³/mol. The molecule has 1 atom stereocenters. The van der Waals surface area contributed by atoms with Gasteiger partial charge >= 0.3 is 0 Å². The second kappa shape index (κ2) is 28.6. The Bertz CT molecular complexity index is 1170. The highest BCUT2D eigenvalue weighted by Gasteiger charge is 2.24. The standard InChI is InChI=1S/C44H72O4S/c1-3-5-7-9-11-13-14-15-16-17-18-19-21-23-25-27-39-48-42-35-31-40(32-36-42)29-30-41-33-37-43(38-34-41)49(46,47)44(45)28-26-24-22-20-12-10-8-6-4-2/h29-38,44-45H,3-28,39H2,1-2H3. The van der Waals surface area contributed by atoms with E-state index < -0.39 is 15.3 Å². The quantitative estimate of drug-likeness (QED) is 0.0611. The molecule has 0 saturated carbocycles. The second-order valence-corrected chi connectivity index (χ2v) is 16.3. The van der Waals surface area contributed by atoms with Crippen LogP contribution < -0.4 is 4.74 Å². The molecule has 4 nitrogen and oxygen atoms in total. The predicted octanol–water partition coefficient (Wildman–Crippen LogP) is 13.5. The Labute approximate surface area is 302 Å². The van der Waals surface area contributed by atoms with Crippen LogP contribution >= 0.6 is 0 Å². The minimum atomic E-state index is -3.74. The van der Waals surface area contributed by atoms with Gasteiger partial charge in [-0.2, -0.15) is 0 Å². The van der Waals surface area contributed by atoms with Crippen molar-refractivity contribution in [2.45, 2.75) is 191 Å². The fourth-order valence-corrected chi connectivity index (χ4v) is 7.72. The van der Waals surface area contributed by atoms with Gasteiger partial charge in [-0.3, -0.25) is 0 Å². The van der Waals surface area contributed by atoms with Crippen LogP contribution in [0.2, 0.25) is 0 Å². The summed E-state index contributed by atoms with van der Waals surface area (Å²) < 4.78 is 31.7. The lowest BCUT2D eigenvalue weighted by Crippen LogP contribution is -2.20. The number of unbranched alkanes of at least 4 members (excludes halogenated alkanes) is 23. The summed E-state index contributed by atoms with van der Waals surface area (Å²) in [4.78, 5) is 0.180. The summed E-state index contributed by atoms with van der Waals surface area (Å²) in [6, 6.07) is 14.9. The van der Waals surface area contributed by atoms with E-state index in [0.717, 1.165) is 49.2 Å². The van der Waals surface area contributed by atoms with Gasteiger partial charge in [-0.15, -0.1) is 0 Å². The van der Waals surface area contributed by atoms with Crippen molar-refractivity contribution >= 4 is 22.0 Å². The average Bonchev–Trinajstić information content (AvgIpc) is 3.12. The SMILES string of the molecule is CCCCCCCCCCCCCCCCCCOc1ccc(C=Cc2ccc(S(=O)(=O)C(O)CCCCCCCCCCC)cc2)cc1. The van der Waals surface area contributed by atoms with Crippen molar-refractivity contribution < 1.29 is 18.3 Å². The number of rotatable bonds is 32. The van der Waals surface area contributed by atoms with Crippen LogP contribution in [0.1, 0.15) is 192 Å². The molecule has 0 heterocycles. The van der Waals surface area contributed by atoms with Crippen LogP contribution in [0.3, 0.4) is 0 Å². The Morgan fingerprint density at radius 1 is 0.510 bits per heavy atom. The molecule has 0 aromatic heterocycles. The van der Waals surface area contributed by atoms with E-state index in [2.05, 4.69) is 13.8 Å². The number of aliphatic hydroxyl groups excluding tert-OH is 1. The van der Waals surface area contributed by atoms with Crippen molar-refractivity contribution in [3.8, 4) is 5.75 Å². The number of aliphatic hydroxyl groups is 1. The topological polar surface area (TPSA) is 63.6 Å². The Balaban J connectivity index is 1.54. The summed E-state index contributed by atoms with van der Waals surface area (Å²) in [5.74, 6) is 0.897. The van der Waals surface area contributed by atoms with Gasteiger partial charge < -0.3 is 9.84 Å². The first-order valence-electron chi connectivity index (χ1n) is 20.4.